The Morgan fingerprint density at radius 3 is 2.76 bits per heavy atom. The Hall–Kier alpha value is -2.67. The number of carbonyl (C=O) groups is 1. The molecule has 7 heteroatoms. The first-order valence-corrected chi connectivity index (χ1v) is 8.53. The molecule has 0 spiro atoms. The van der Waals surface area contributed by atoms with E-state index in [9.17, 15) is 9.59 Å². The maximum Gasteiger partial charge on any atom is 0.257 e. The second kappa shape index (κ2) is 6.00. The molecule has 2 aromatic rings. The van der Waals surface area contributed by atoms with Crippen molar-refractivity contribution in [1.82, 2.24) is 9.97 Å². The molecule has 1 aromatic carbocycles. The van der Waals surface area contributed by atoms with Crippen LogP contribution in [-0.4, -0.2) is 22.9 Å². The van der Waals surface area contributed by atoms with Crippen molar-refractivity contribution in [3.8, 4) is 5.75 Å². The molecule has 1 aliphatic carbocycles. The summed E-state index contributed by atoms with van der Waals surface area (Å²) in [5, 5.41) is 3.22. The van der Waals surface area contributed by atoms with Crippen LogP contribution in [0, 0.1) is 4.77 Å². The first-order valence-electron chi connectivity index (χ1n) is 8.13. The topological polar surface area (TPSA) is 87.0 Å². The van der Waals surface area contributed by atoms with Crippen LogP contribution in [-0.2, 0) is 4.79 Å². The Balaban J connectivity index is 2.05. The molecule has 0 saturated carbocycles. The van der Waals surface area contributed by atoms with Crippen molar-refractivity contribution in [2.75, 3.05) is 12.4 Å². The van der Waals surface area contributed by atoms with Crippen molar-refractivity contribution >= 4 is 23.8 Å². The third-order valence-corrected chi connectivity index (χ3v) is 4.94. The number of H-pyrrole nitrogens is 2. The van der Waals surface area contributed by atoms with Gasteiger partial charge in [-0.3, -0.25) is 14.6 Å². The summed E-state index contributed by atoms with van der Waals surface area (Å²) in [4.78, 5) is 31.1. The van der Waals surface area contributed by atoms with Gasteiger partial charge in [-0.25, -0.2) is 0 Å². The molecule has 2 heterocycles. The number of allylic oxidation sites excluding steroid dienone is 2. The fourth-order valence-corrected chi connectivity index (χ4v) is 3.90. The van der Waals surface area contributed by atoms with Gasteiger partial charge in [0.25, 0.3) is 5.56 Å². The van der Waals surface area contributed by atoms with E-state index in [0.717, 1.165) is 24.1 Å². The second-order valence-electron chi connectivity index (χ2n) is 6.17. The maximum absolute atomic E-state index is 12.7. The third-order valence-electron chi connectivity index (χ3n) is 4.74. The average Bonchev–Trinajstić information content (AvgIpc) is 2.60. The number of hydrogen-bond acceptors (Lipinski definition) is 5. The predicted molar refractivity (Wildman–Crippen MR) is 96.6 cm³/mol. The standard InChI is InChI=1S/C18H17N3O3S/c1-24-12-8-3-2-5-9(12)13-14-10(6-4-7-11(14)22)19-16-15(13)17(23)21-18(25)20-16/h2-3,5,8,13H,4,6-7H2,1H3,(H3,19,20,21,23,25)/t13-/m1/s1. The van der Waals surface area contributed by atoms with E-state index in [2.05, 4.69) is 15.3 Å². The number of aromatic nitrogens is 2. The number of aromatic amines is 2. The Kier molecular flexibility index (Phi) is 3.80. The van der Waals surface area contributed by atoms with Crippen LogP contribution in [0.25, 0.3) is 0 Å². The van der Waals surface area contributed by atoms with Crippen LogP contribution in [0.3, 0.4) is 0 Å². The van der Waals surface area contributed by atoms with E-state index in [0.29, 0.717) is 29.1 Å². The summed E-state index contributed by atoms with van der Waals surface area (Å²) in [7, 11) is 1.58. The summed E-state index contributed by atoms with van der Waals surface area (Å²) in [6.45, 7) is 0. The summed E-state index contributed by atoms with van der Waals surface area (Å²) in [5.74, 6) is 0.786. The van der Waals surface area contributed by atoms with Crippen LogP contribution in [0.2, 0.25) is 0 Å². The van der Waals surface area contributed by atoms with Gasteiger partial charge in [0.2, 0.25) is 0 Å². The summed E-state index contributed by atoms with van der Waals surface area (Å²) >= 11 is 5.10. The van der Waals surface area contributed by atoms with Gasteiger partial charge in [0.15, 0.2) is 10.6 Å². The van der Waals surface area contributed by atoms with Crippen molar-refractivity contribution in [1.29, 1.82) is 0 Å². The first-order chi connectivity index (χ1) is 12.1. The second-order valence-corrected chi connectivity index (χ2v) is 6.57. The molecule has 0 saturated heterocycles. The summed E-state index contributed by atoms with van der Waals surface area (Å²) in [5.41, 5.74) is 2.47. The van der Waals surface area contributed by atoms with E-state index < -0.39 is 5.92 Å². The number of rotatable bonds is 2. The molecule has 3 N–H and O–H groups in total. The Morgan fingerprint density at radius 1 is 1.16 bits per heavy atom. The van der Waals surface area contributed by atoms with Gasteiger partial charge < -0.3 is 15.0 Å². The molecule has 0 bridgehead atoms. The molecule has 4 rings (SSSR count). The van der Waals surface area contributed by atoms with Crippen LogP contribution in [0.15, 0.2) is 40.3 Å². The molecular weight excluding hydrogens is 338 g/mol. The van der Waals surface area contributed by atoms with Crippen LogP contribution >= 0.6 is 12.2 Å². The van der Waals surface area contributed by atoms with Crippen molar-refractivity contribution in [2.45, 2.75) is 25.2 Å². The van der Waals surface area contributed by atoms with E-state index >= 15 is 0 Å². The molecule has 2 aliphatic rings. The van der Waals surface area contributed by atoms with Crippen LogP contribution < -0.4 is 15.6 Å². The lowest BCUT2D eigenvalue weighted by Crippen LogP contribution is -2.32. The van der Waals surface area contributed by atoms with E-state index in [-0.39, 0.29) is 16.1 Å². The zero-order valence-corrected chi connectivity index (χ0v) is 14.5. The molecular formula is C18H17N3O3S. The summed E-state index contributed by atoms with van der Waals surface area (Å²) in [6, 6.07) is 7.48. The lowest BCUT2D eigenvalue weighted by Gasteiger charge is -2.33. The largest absolute Gasteiger partial charge is 0.496 e. The number of anilines is 1. The number of methoxy groups -OCH3 is 1. The SMILES string of the molecule is COc1ccccc1[C@@H]1C2=C(CCCC2=O)Nc2[nH]c(=S)[nH]c(=O)c21. The molecule has 6 nitrogen and oxygen atoms in total. The third kappa shape index (κ3) is 2.51. The number of ether oxygens (including phenoxy) is 1. The van der Waals surface area contributed by atoms with E-state index in [1.807, 2.05) is 24.3 Å². The van der Waals surface area contributed by atoms with Gasteiger partial charge in [-0.2, -0.15) is 0 Å². The van der Waals surface area contributed by atoms with Gasteiger partial charge in [0, 0.05) is 23.3 Å². The molecule has 1 atom stereocenters. The fourth-order valence-electron chi connectivity index (χ4n) is 3.71. The molecule has 0 fully saturated rings. The van der Waals surface area contributed by atoms with E-state index in [1.165, 1.54) is 0 Å². The van der Waals surface area contributed by atoms with Gasteiger partial charge in [0.05, 0.1) is 18.6 Å². The van der Waals surface area contributed by atoms with Gasteiger partial charge in [-0.05, 0) is 31.1 Å². The zero-order valence-electron chi connectivity index (χ0n) is 13.6. The number of ketones is 1. The summed E-state index contributed by atoms with van der Waals surface area (Å²) < 4.78 is 5.75. The summed E-state index contributed by atoms with van der Waals surface area (Å²) in [6.07, 6.45) is 2.05. The highest BCUT2D eigenvalue weighted by Gasteiger charge is 2.38. The first kappa shape index (κ1) is 15.8. The Labute approximate surface area is 148 Å². The molecule has 128 valence electrons. The number of hydrogen-bond donors (Lipinski definition) is 3. The molecule has 0 unspecified atom stereocenters. The molecule has 0 radical (unpaired) electrons. The normalized spacial score (nSPS) is 19.1. The van der Waals surface area contributed by atoms with Crippen LogP contribution in [0.5, 0.6) is 5.75 Å². The highest BCUT2D eigenvalue weighted by molar-refractivity contribution is 7.71. The number of fused-ring (bicyclic) bond motifs is 1. The predicted octanol–water partition coefficient (Wildman–Crippen LogP) is 3.01. The fraction of sp³-hybridized carbons (Fsp3) is 0.278. The molecule has 25 heavy (non-hydrogen) atoms. The molecule has 1 aliphatic heterocycles. The average molecular weight is 355 g/mol. The Morgan fingerprint density at radius 2 is 1.96 bits per heavy atom. The van der Waals surface area contributed by atoms with Crippen molar-refractivity contribution in [3.63, 3.8) is 0 Å². The quantitative estimate of drug-likeness (QED) is 0.721. The lowest BCUT2D eigenvalue weighted by atomic mass is 9.76. The number of nitrogens with one attached hydrogen (secondary N) is 3. The number of Topliss-reactive ketones (excluding diaryl/α,β-unsaturated/α-hetero) is 1. The molecule has 1 aromatic heterocycles. The number of para-hydroxylation sites is 1. The number of carbonyl (C=O) groups excluding carboxylic acids is 1. The van der Waals surface area contributed by atoms with Crippen molar-refractivity contribution < 1.29 is 9.53 Å². The van der Waals surface area contributed by atoms with Gasteiger partial charge in [-0.15, -0.1) is 0 Å². The number of benzene rings is 1. The minimum Gasteiger partial charge on any atom is -0.496 e. The van der Waals surface area contributed by atoms with Crippen molar-refractivity contribution in [3.05, 3.63) is 61.8 Å². The van der Waals surface area contributed by atoms with E-state index in [4.69, 9.17) is 17.0 Å². The van der Waals surface area contributed by atoms with Gasteiger partial charge in [0.1, 0.15) is 11.6 Å². The van der Waals surface area contributed by atoms with E-state index in [1.54, 1.807) is 7.11 Å². The Bertz CT molecular complexity index is 1020. The smallest absolute Gasteiger partial charge is 0.257 e. The maximum atomic E-state index is 12.7. The zero-order chi connectivity index (χ0) is 17.6. The lowest BCUT2D eigenvalue weighted by molar-refractivity contribution is -0.116. The van der Waals surface area contributed by atoms with Gasteiger partial charge >= 0.3 is 0 Å². The monoisotopic (exact) mass is 355 g/mol. The minimum absolute atomic E-state index is 0.0668. The van der Waals surface area contributed by atoms with Crippen LogP contribution in [0.4, 0.5) is 5.82 Å². The van der Waals surface area contributed by atoms with Crippen LogP contribution in [0.1, 0.15) is 36.3 Å². The minimum atomic E-state index is -0.481. The highest BCUT2D eigenvalue weighted by atomic mass is 32.1. The van der Waals surface area contributed by atoms with Crippen molar-refractivity contribution in [2.24, 2.45) is 0 Å². The van der Waals surface area contributed by atoms with Gasteiger partial charge in [-0.1, -0.05) is 18.2 Å². The molecule has 0 amide bonds. The highest BCUT2D eigenvalue weighted by Crippen LogP contribution is 2.45.